The van der Waals surface area contributed by atoms with Gasteiger partial charge in [-0.2, -0.15) is 0 Å². The Labute approximate surface area is 137 Å². The van der Waals surface area contributed by atoms with Gasteiger partial charge in [-0.3, -0.25) is 4.79 Å². The van der Waals surface area contributed by atoms with E-state index in [1.807, 2.05) is 30.5 Å². The Bertz CT molecular complexity index is 827. The van der Waals surface area contributed by atoms with Crippen LogP contribution in [0.4, 0.5) is 10.1 Å². The molecular formula is C18H14FNO2S. The van der Waals surface area contributed by atoms with E-state index in [1.165, 1.54) is 12.1 Å². The molecule has 5 heteroatoms. The highest BCUT2D eigenvalue weighted by atomic mass is 32.2. The number of anilines is 1. The molecule has 0 saturated heterocycles. The van der Waals surface area contributed by atoms with Gasteiger partial charge >= 0.3 is 0 Å². The van der Waals surface area contributed by atoms with Crippen molar-refractivity contribution < 1.29 is 13.6 Å². The zero-order valence-corrected chi connectivity index (χ0v) is 13.2. The molecule has 1 aromatic heterocycles. The highest BCUT2D eigenvalue weighted by Gasteiger charge is 2.14. The summed E-state index contributed by atoms with van der Waals surface area (Å²) in [4.78, 5) is 13.3. The van der Waals surface area contributed by atoms with Crippen LogP contribution in [0.15, 0.2) is 70.0 Å². The molecule has 0 radical (unpaired) electrons. The Hall–Kier alpha value is -2.53. The highest BCUT2D eigenvalue weighted by molar-refractivity contribution is 7.98. The van der Waals surface area contributed by atoms with Crippen LogP contribution in [-0.2, 0) is 0 Å². The molecule has 1 heterocycles. The summed E-state index contributed by atoms with van der Waals surface area (Å²) in [5.74, 6) is -0.297. The van der Waals surface area contributed by atoms with Gasteiger partial charge in [0.15, 0.2) is 5.76 Å². The summed E-state index contributed by atoms with van der Waals surface area (Å²) >= 11 is 1.63. The number of hydrogen-bond donors (Lipinski definition) is 1. The first kappa shape index (κ1) is 15.4. The molecule has 0 saturated carbocycles. The molecule has 3 nitrogen and oxygen atoms in total. The van der Waals surface area contributed by atoms with Crippen molar-refractivity contribution in [1.82, 2.24) is 0 Å². The fourth-order valence-corrected chi connectivity index (χ4v) is 2.54. The number of thioether (sulfide) groups is 1. The average molecular weight is 327 g/mol. The number of hydrogen-bond acceptors (Lipinski definition) is 3. The summed E-state index contributed by atoms with van der Waals surface area (Å²) in [6.45, 7) is 0. The molecule has 0 fully saturated rings. The van der Waals surface area contributed by atoms with Crippen LogP contribution in [0.3, 0.4) is 0 Å². The van der Waals surface area contributed by atoms with Crippen molar-refractivity contribution in [2.45, 2.75) is 4.90 Å². The maximum Gasteiger partial charge on any atom is 0.291 e. The van der Waals surface area contributed by atoms with Crippen molar-refractivity contribution in [2.75, 3.05) is 11.6 Å². The monoisotopic (exact) mass is 327 g/mol. The maximum absolute atomic E-state index is 13.7. The van der Waals surface area contributed by atoms with Crippen molar-refractivity contribution in [3.8, 4) is 11.3 Å². The molecule has 3 rings (SSSR count). The van der Waals surface area contributed by atoms with E-state index in [4.69, 9.17) is 4.42 Å². The van der Waals surface area contributed by atoms with Crippen LogP contribution in [0.1, 0.15) is 10.6 Å². The largest absolute Gasteiger partial charge is 0.451 e. The number of halogens is 1. The fourth-order valence-electron chi connectivity index (χ4n) is 2.13. The number of nitrogens with one attached hydrogen (secondary N) is 1. The van der Waals surface area contributed by atoms with Crippen LogP contribution < -0.4 is 5.32 Å². The van der Waals surface area contributed by atoms with Crippen LogP contribution in [0.5, 0.6) is 0 Å². The minimum absolute atomic E-state index is 0.136. The molecular weight excluding hydrogens is 313 g/mol. The maximum atomic E-state index is 13.7. The van der Waals surface area contributed by atoms with Gasteiger partial charge in [-0.05, 0) is 54.8 Å². The minimum atomic E-state index is -0.388. The second-order valence-corrected chi connectivity index (χ2v) is 5.71. The van der Waals surface area contributed by atoms with Crippen molar-refractivity contribution >= 4 is 23.4 Å². The Morgan fingerprint density at radius 2 is 1.78 bits per heavy atom. The van der Waals surface area contributed by atoms with E-state index in [-0.39, 0.29) is 17.5 Å². The first-order valence-electron chi connectivity index (χ1n) is 6.97. The molecule has 1 N–H and O–H groups in total. The first-order valence-corrected chi connectivity index (χ1v) is 8.20. The summed E-state index contributed by atoms with van der Waals surface area (Å²) in [5.41, 5.74) is 1.01. The van der Waals surface area contributed by atoms with Crippen LogP contribution in [0.25, 0.3) is 11.3 Å². The molecule has 0 atom stereocenters. The number of furan rings is 1. The summed E-state index contributed by atoms with van der Waals surface area (Å²) in [6, 6.07) is 16.9. The number of rotatable bonds is 4. The topological polar surface area (TPSA) is 42.2 Å². The average Bonchev–Trinajstić information content (AvgIpc) is 3.06. The molecule has 2 aromatic carbocycles. The van der Waals surface area contributed by atoms with Crippen LogP contribution in [0, 0.1) is 5.82 Å². The number of amides is 1. The molecule has 1 amide bonds. The second-order valence-electron chi connectivity index (χ2n) is 4.83. The van der Waals surface area contributed by atoms with Gasteiger partial charge < -0.3 is 9.73 Å². The molecule has 0 unspecified atom stereocenters. The van der Waals surface area contributed by atoms with Gasteiger partial charge in [0.2, 0.25) is 0 Å². The SMILES string of the molecule is CSc1ccc(NC(=O)c2ccc(-c3ccccc3F)o2)cc1. The Balaban J connectivity index is 1.77. The number of carbonyl (C=O) groups excluding carboxylic acids is 1. The molecule has 23 heavy (non-hydrogen) atoms. The van der Waals surface area contributed by atoms with E-state index in [2.05, 4.69) is 5.32 Å². The zero-order chi connectivity index (χ0) is 16.2. The number of carbonyl (C=O) groups is 1. The minimum Gasteiger partial charge on any atom is -0.451 e. The van der Waals surface area contributed by atoms with Crippen molar-refractivity contribution in [2.24, 2.45) is 0 Å². The van der Waals surface area contributed by atoms with E-state index < -0.39 is 0 Å². The van der Waals surface area contributed by atoms with Gasteiger partial charge in [-0.25, -0.2) is 4.39 Å². The lowest BCUT2D eigenvalue weighted by atomic mass is 10.1. The van der Waals surface area contributed by atoms with Crippen molar-refractivity contribution in [3.05, 3.63) is 72.2 Å². The molecule has 0 bridgehead atoms. The van der Waals surface area contributed by atoms with Crippen LogP contribution in [0.2, 0.25) is 0 Å². The third-order valence-corrected chi connectivity index (χ3v) is 4.06. The molecule has 0 aliphatic carbocycles. The Kier molecular flexibility index (Phi) is 4.48. The third kappa shape index (κ3) is 3.46. The van der Waals surface area contributed by atoms with Gasteiger partial charge in [-0.1, -0.05) is 12.1 Å². The van der Waals surface area contributed by atoms with Crippen molar-refractivity contribution in [1.29, 1.82) is 0 Å². The lowest BCUT2D eigenvalue weighted by molar-refractivity contribution is 0.0997. The molecule has 0 spiro atoms. The lowest BCUT2D eigenvalue weighted by Crippen LogP contribution is -2.10. The molecule has 0 aliphatic heterocycles. The normalized spacial score (nSPS) is 10.5. The summed E-state index contributed by atoms with van der Waals surface area (Å²) in [5, 5.41) is 2.75. The smallest absolute Gasteiger partial charge is 0.291 e. The number of benzene rings is 2. The van der Waals surface area contributed by atoms with Crippen molar-refractivity contribution in [3.63, 3.8) is 0 Å². The molecule has 116 valence electrons. The fraction of sp³-hybridized carbons (Fsp3) is 0.0556. The van der Waals surface area contributed by atoms with Gasteiger partial charge in [0.25, 0.3) is 5.91 Å². The van der Waals surface area contributed by atoms with E-state index in [1.54, 1.807) is 36.0 Å². The van der Waals surface area contributed by atoms with Gasteiger partial charge in [0.1, 0.15) is 11.6 Å². The molecule has 0 aliphatic rings. The van der Waals surface area contributed by atoms with E-state index in [0.29, 0.717) is 17.0 Å². The summed E-state index contributed by atoms with van der Waals surface area (Å²) in [6.07, 6.45) is 1.99. The predicted octanol–water partition coefficient (Wildman–Crippen LogP) is 5.06. The summed E-state index contributed by atoms with van der Waals surface area (Å²) < 4.78 is 19.2. The Morgan fingerprint density at radius 1 is 1.04 bits per heavy atom. The highest BCUT2D eigenvalue weighted by Crippen LogP contribution is 2.25. The van der Waals surface area contributed by atoms with Gasteiger partial charge in [-0.15, -0.1) is 11.8 Å². The van der Waals surface area contributed by atoms with Gasteiger partial charge in [0, 0.05) is 10.6 Å². The van der Waals surface area contributed by atoms with Crippen LogP contribution >= 0.6 is 11.8 Å². The van der Waals surface area contributed by atoms with Gasteiger partial charge in [0.05, 0.1) is 5.56 Å². The first-order chi connectivity index (χ1) is 11.2. The zero-order valence-electron chi connectivity index (χ0n) is 12.4. The van der Waals surface area contributed by atoms with E-state index in [0.717, 1.165) is 4.90 Å². The van der Waals surface area contributed by atoms with E-state index in [9.17, 15) is 9.18 Å². The quantitative estimate of drug-likeness (QED) is 0.681. The van der Waals surface area contributed by atoms with E-state index >= 15 is 0 Å². The Morgan fingerprint density at radius 3 is 2.48 bits per heavy atom. The predicted molar refractivity (Wildman–Crippen MR) is 90.3 cm³/mol. The summed E-state index contributed by atoms with van der Waals surface area (Å²) in [7, 11) is 0. The molecule has 3 aromatic rings. The second kappa shape index (κ2) is 6.71. The lowest BCUT2D eigenvalue weighted by Gasteiger charge is -2.04. The third-order valence-electron chi connectivity index (χ3n) is 3.32. The van der Waals surface area contributed by atoms with Crippen LogP contribution in [-0.4, -0.2) is 12.2 Å². The standard InChI is InChI=1S/C18H14FNO2S/c1-23-13-8-6-12(7-9-13)20-18(21)17-11-10-16(22-17)14-4-2-3-5-15(14)19/h2-11H,1H3,(H,20,21).